The fourth-order valence-corrected chi connectivity index (χ4v) is 1.86. The summed E-state index contributed by atoms with van der Waals surface area (Å²) >= 11 is 0. The molecule has 0 amide bonds. The molecule has 1 rings (SSSR count). The molecule has 0 fully saturated rings. The molecule has 0 heterocycles. The molecule has 3 nitrogen and oxygen atoms in total. The van der Waals surface area contributed by atoms with Crippen LogP contribution >= 0.6 is 0 Å². The van der Waals surface area contributed by atoms with Crippen molar-refractivity contribution >= 4 is 0 Å². The van der Waals surface area contributed by atoms with Crippen LogP contribution in [0.15, 0.2) is 12.1 Å². The predicted octanol–water partition coefficient (Wildman–Crippen LogP) is 3.01. The van der Waals surface area contributed by atoms with Crippen LogP contribution < -0.4 is 10.1 Å². The molecule has 0 atom stereocenters. The summed E-state index contributed by atoms with van der Waals surface area (Å²) in [6.07, 6.45) is 0.929. The third kappa shape index (κ3) is 6.08. The van der Waals surface area contributed by atoms with Crippen LogP contribution in [0.5, 0.6) is 5.75 Å². The highest BCUT2D eigenvalue weighted by atomic mass is 16.5. The standard InChI is InChI=1S/C16H27NO2/c1-5-17-7-10-18-8-6-9-19-16-12-14(3)13(2)11-15(16)4/h11-12,17H,5-10H2,1-4H3. The van der Waals surface area contributed by atoms with Crippen molar-refractivity contribution in [3.05, 3.63) is 28.8 Å². The summed E-state index contributed by atoms with van der Waals surface area (Å²) < 4.78 is 11.3. The predicted molar refractivity (Wildman–Crippen MR) is 80.1 cm³/mol. The number of hydrogen-bond acceptors (Lipinski definition) is 3. The second kappa shape index (κ2) is 8.94. The van der Waals surface area contributed by atoms with Crippen molar-refractivity contribution in [2.45, 2.75) is 34.1 Å². The summed E-state index contributed by atoms with van der Waals surface area (Å²) in [7, 11) is 0. The van der Waals surface area contributed by atoms with E-state index in [4.69, 9.17) is 9.47 Å². The zero-order valence-electron chi connectivity index (χ0n) is 12.7. The van der Waals surface area contributed by atoms with E-state index in [0.29, 0.717) is 6.61 Å². The molecule has 0 radical (unpaired) electrons. The Bertz CT molecular complexity index is 377. The van der Waals surface area contributed by atoms with Crippen LogP contribution in [0.25, 0.3) is 0 Å². The van der Waals surface area contributed by atoms with Crippen molar-refractivity contribution in [3.8, 4) is 5.75 Å². The van der Waals surface area contributed by atoms with Gasteiger partial charge in [0.1, 0.15) is 5.75 Å². The minimum absolute atomic E-state index is 0.713. The summed E-state index contributed by atoms with van der Waals surface area (Å²) in [6.45, 7) is 12.6. The van der Waals surface area contributed by atoms with E-state index in [1.54, 1.807) is 0 Å². The maximum Gasteiger partial charge on any atom is 0.122 e. The van der Waals surface area contributed by atoms with Gasteiger partial charge < -0.3 is 14.8 Å². The van der Waals surface area contributed by atoms with Gasteiger partial charge in [-0.15, -0.1) is 0 Å². The summed E-state index contributed by atoms with van der Waals surface area (Å²) in [6, 6.07) is 4.30. The van der Waals surface area contributed by atoms with Crippen LogP contribution in [0.1, 0.15) is 30.0 Å². The maximum absolute atomic E-state index is 5.80. The smallest absolute Gasteiger partial charge is 0.122 e. The molecule has 1 aromatic rings. The van der Waals surface area contributed by atoms with Gasteiger partial charge in [-0.25, -0.2) is 0 Å². The van der Waals surface area contributed by atoms with Crippen molar-refractivity contribution < 1.29 is 9.47 Å². The van der Waals surface area contributed by atoms with Crippen molar-refractivity contribution in [2.75, 3.05) is 32.9 Å². The Balaban J connectivity index is 2.17. The van der Waals surface area contributed by atoms with Gasteiger partial charge in [-0.2, -0.15) is 0 Å². The highest BCUT2D eigenvalue weighted by Crippen LogP contribution is 2.22. The number of benzene rings is 1. The van der Waals surface area contributed by atoms with Crippen molar-refractivity contribution in [2.24, 2.45) is 0 Å². The molecule has 108 valence electrons. The summed E-state index contributed by atoms with van der Waals surface area (Å²) in [5.41, 5.74) is 3.80. The SMILES string of the molecule is CCNCCOCCCOc1cc(C)c(C)cc1C. The molecule has 0 saturated carbocycles. The molecule has 19 heavy (non-hydrogen) atoms. The minimum Gasteiger partial charge on any atom is -0.493 e. The average molecular weight is 265 g/mol. The average Bonchev–Trinajstić information content (AvgIpc) is 2.38. The Morgan fingerprint density at radius 1 is 0.947 bits per heavy atom. The van der Waals surface area contributed by atoms with Crippen molar-refractivity contribution in [1.29, 1.82) is 0 Å². The number of rotatable bonds is 9. The number of likely N-dealkylation sites (N-methyl/N-ethyl adjacent to an activating group) is 1. The molecule has 0 spiro atoms. The van der Waals surface area contributed by atoms with E-state index in [-0.39, 0.29) is 0 Å². The van der Waals surface area contributed by atoms with E-state index in [1.807, 2.05) is 0 Å². The Morgan fingerprint density at radius 2 is 1.68 bits per heavy atom. The molecule has 0 aliphatic carbocycles. The Kier molecular flexibility index (Phi) is 7.53. The fourth-order valence-electron chi connectivity index (χ4n) is 1.86. The molecule has 1 N–H and O–H groups in total. The van der Waals surface area contributed by atoms with Gasteiger partial charge in [0.2, 0.25) is 0 Å². The summed E-state index contributed by atoms with van der Waals surface area (Å²) in [5, 5.41) is 3.23. The van der Waals surface area contributed by atoms with E-state index < -0.39 is 0 Å². The van der Waals surface area contributed by atoms with Crippen LogP contribution in [0.2, 0.25) is 0 Å². The van der Waals surface area contributed by atoms with Crippen LogP contribution in [0.4, 0.5) is 0 Å². The molecular weight excluding hydrogens is 238 g/mol. The topological polar surface area (TPSA) is 30.5 Å². The van der Waals surface area contributed by atoms with Gasteiger partial charge in [0.05, 0.1) is 13.2 Å². The lowest BCUT2D eigenvalue weighted by Gasteiger charge is -2.12. The second-order valence-electron chi connectivity index (χ2n) is 4.87. The Labute approximate surface area is 117 Å². The molecule has 0 aromatic heterocycles. The van der Waals surface area contributed by atoms with Gasteiger partial charge in [0.25, 0.3) is 0 Å². The van der Waals surface area contributed by atoms with Gasteiger partial charge in [-0.3, -0.25) is 0 Å². The van der Waals surface area contributed by atoms with Crippen molar-refractivity contribution in [3.63, 3.8) is 0 Å². The lowest BCUT2D eigenvalue weighted by Crippen LogP contribution is -2.19. The minimum atomic E-state index is 0.713. The lowest BCUT2D eigenvalue weighted by molar-refractivity contribution is 0.121. The molecule has 0 aliphatic rings. The second-order valence-corrected chi connectivity index (χ2v) is 4.87. The Hall–Kier alpha value is -1.06. The van der Waals surface area contributed by atoms with Gasteiger partial charge in [-0.1, -0.05) is 13.0 Å². The maximum atomic E-state index is 5.80. The van der Waals surface area contributed by atoms with Gasteiger partial charge in [0, 0.05) is 19.6 Å². The van der Waals surface area contributed by atoms with Gasteiger partial charge in [-0.05, 0) is 50.1 Å². The third-order valence-corrected chi connectivity index (χ3v) is 3.16. The van der Waals surface area contributed by atoms with E-state index >= 15 is 0 Å². The third-order valence-electron chi connectivity index (χ3n) is 3.16. The zero-order valence-corrected chi connectivity index (χ0v) is 12.7. The van der Waals surface area contributed by atoms with E-state index in [0.717, 1.165) is 38.5 Å². The monoisotopic (exact) mass is 265 g/mol. The van der Waals surface area contributed by atoms with Gasteiger partial charge in [0.15, 0.2) is 0 Å². The first-order valence-electron chi connectivity index (χ1n) is 7.14. The molecule has 0 saturated heterocycles. The summed E-state index contributed by atoms with van der Waals surface area (Å²) in [5.74, 6) is 0.996. The van der Waals surface area contributed by atoms with Crippen LogP contribution in [0, 0.1) is 20.8 Å². The molecule has 1 aromatic carbocycles. The number of ether oxygens (including phenoxy) is 2. The molecule has 0 unspecified atom stereocenters. The molecular formula is C16H27NO2. The van der Waals surface area contributed by atoms with E-state index in [1.165, 1.54) is 16.7 Å². The first kappa shape index (κ1) is 16.0. The van der Waals surface area contributed by atoms with E-state index in [9.17, 15) is 0 Å². The highest BCUT2D eigenvalue weighted by molar-refractivity contribution is 5.40. The molecule has 0 aliphatic heterocycles. The van der Waals surface area contributed by atoms with Crippen LogP contribution in [-0.4, -0.2) is 32.9 Å². The summed E-state index contributed by atoms with van der Waals surface area (Å²) in [4.78, 5) is 0. The quantitative estimate of drug-likeness (QED) is 0.696. The zero-order chi connectivity index (χ0) is 14.1. The first-order chi connectivity index (χ1) is 9.15. The highest BCUT2D eigenvalue weighted by Gasteiger charge is 2.02. The lowest BCUT2D eigenvalue weighted by atomic mass is 10.1. The van der Waals surface area contributed by atoms with Crippen LogP contribution in [-0.2, 0) is 4.74 Å². The van der Waals surface area contributed by atoms with Gasteiger partial charge >= 0.3 is 0 Å². The normalized spacial score (nSPS) is 10.7. The first-order valence-corrected chi connectivity index (χ1v) is 7.14. The number of nitrogens with one attached hydrogen (secondary N) is 1. The largest absolute Gasteiger partial charge is 0.493 e. The molecule has 0 bridgehead atoms. The molecule has 3 heteroatoms. The number of aryl methyl sites for hydroxylation is 3. The fraction of sp³-hybridized carbons (Fsp3) is 0.625. The van der Waals surface area contributed by atoms with Crippen LogP contribution in [0.3, 0.4) is 0 Å². The number of hydrogen-bond donors (Lipinski definition) is 1. The van der Waals surface area contributed by atoms with E-state index in [2.05, 4.69) is 45.1 Å². The van der Waals surface area contributed by atoms with Crippen molar-refractivity contribution in [1.82, 2.24) is 5.32 Å². The Morgan fingerprint density at radius 3 is 2.42 bits per heavy atom.